The first-order valence-electron chi connectivity index (χ1n) is 5.80. The van der Waals surface area contributed by atoms with Crippen molar-refractivity contribution in [1.82, 2.24) is 0 Å². The lowest BCUT2D eigenvalue weighted by Crippen LogP contribution is -2.30. The number of carbonyl (C=O) groups is 2. The van der Waals surface area contributed by atoms with Crippen LogP contribution in [0, 0.1) is 0 Å². The molecule has 0 saturated carbocycles. The third kappa shape index (κ3) is 3.87. The van der Waals surface area contributed by atoms with Crippen molar-refractivity contribution in [3.8, 4) is 11.5 Å². The van der Waals surface area contributed by atoms with Crippen LogP contribution >= 0.6 is 0 Å². The largest absolute Gasteiger partial charge is 0.493 e. The van der Waals surface area contributed by atoms with Gasteiger partial charge in [0.1, 0.15) is 0 Å². The highest BCUT2D eigenvalue weighted by Crippen LogP contribution is 2.28. The van der Waals surface area contributed by atoms with E-state index in [1.807, 2.05) is 6.92 Å². The normalized spacial score (nSPS) is 11.5. The van der Waals surface area contributed by atoms with Gasteiger partial charge in [0.25, 0.3) is 5.91 Å². The zero-order valence-electron chi connectivity index (χ0n) is 11.1. The second kappa shape index (κ2) is 6.63. The van der Waals surface area contributed by atoms with Gasteiger partial charge in [0, 0.05) is 0 Å². The Morgan fingerprint density at radius 2 is 2.00 bits per heavy atom. The summed E-state index contributed by atoms with van der Waals surface area (Å²) in [5.41, 5.74) is 5.28. The molecule has 19 heavy (non-hydrogen) atoms. The molecule has 0 radical (unpaired) electrons. The number of ether oxygens (including phenoxy) is 3. The molecule has 1 aromatic rings. The molecule has 0 unspecified atom stereocenters. The predicted molar refractivity (Wildman–Crippen MR) is 68.2 cm³/mol. The second-order valence-corrected chi connectivity index (χ2v) is 3.75. The van der Waals surface area contributed by atoms with E-state index in [1.165, 1.54) is 26.2 Å². The molecule has 6 heteroatoms. The van der Waals surface area contributed by atoms with Gasteiger partial charge in [0.15, 0.2) is 17.6 Å². The number of methoxy groups -OCH3 is 1. The van der Waals surface area contributed by atoms with E-state index < -0.39 is 18.0 Å². The summed E-state index contributed by atoms with van der Waals surface area (Å²) < 4.78 is 15.3. The van der Waals surface area contributed by atoms with E-state index in [0.717, 1.165) is 0 Å². The Bertz CT molecular complexity index is 472. The summed E-state index contributed by atoms with van der Waals surface area (Å²) in [5.74, 6) is -0.397. The van der Waals surface area contributed by atoms with Crippen LogP contribution in [0.4, 0.5) is 0 Å². The molecular formula is C13H17NO5. The lowest BCUT2D eigenvalue weighted by molar-refractivity contribution is -0.125. The molecule has 1 rings (SSSR count). The number of primary amides is 1. The molecule has 0 aliphatic heterocycles. The van der Waals surface area contributed by atoms with E-state index in [-0.39, 0.29) is 5.56 Å². The van der Waals surface area contributed by atoms with E-state index in [9.17, 15) is 9.59 Å². The summed E-state index contributed by atoms with van der Waals surface area (Å²) in [4.78, 5) is 22.6. The van der Waals surface area contributed by atoms with Crippen LogP contribution in [-0.2, 0) is 9.53 Å². The van der Waals surface area contributed by atoms with Crippen LogP contribution in [0.3, 0.4) is 0 Å². The lowest BCUT2D eigenvalue weighted by atomic mass is 10.2. The van der Waals surface area contributed by atoms with Crippen LogP contribution < -0.4 is 15.2 Å². The average molecular weight is 267 g/mol. The summed E-state index contributed by atoms with van der Waals surface area (Å²) in [6.07, 6.45) is -0.981. The van der Waals surface area contributed by atoms with Gasteiger partial charge in [-0.2, -0.15) is 0 Å². The molecule has 1 aromatic carbocycles. The Kier molecular flexibility index (Phi) is 5.17. The maximum Gasteiger partial charge on any atom is 0.339 e. The molecule has 0 aliphatic rings. The standard InChI is InChI=1S/C13H17NO5/c1-4-18-10-6-5-9(7-11(10)17-3)13(16)19-8(2)12(14)15/h5-8H,4H2,1-3H3,(H2,14,15)/t8-/m0/s1. The number of benzene rings is 1. The van der Waals surface area contributed by atoms with Crippen molar-refractivity contribution in [2.45, 2.75) is 20.0 Å². The number of nitrogens with two attached hydrogens (primary N) is 1. The van der Waals surface area contributed by atoms with Crippen molar-refractivity contribution in [2.75, 3.05) is 13.7 Å². The summed E-state index contributed by atoms with van der Waals surface area (Å²) in [6, 6.07) is 4.62. The Morgan fingerprint density at radius 1 is 1.32 bits per heavy atom. The summed E-state index contributed by atoms with van der Waals surface area (Å²) >= 11 is 0. The summed E-state index contributed by atoms with van der Waals surface area (Å²) in [5, 5.41) is 0. The minimum absolute atomic E-state index is 0.258. The van der Waals surface area contributed by atoms with Gasteiger partial charge in [-0.15, -0.1) is 0 Å². The van der Waals surface area contributed by atoms with Crippen molar-refractivity contribution in [1.29, 1.82) is 0 Å². The second-order valence-electron chi connectivity index (χ2n) is 3.75. The van der Waals surface area contributed by atoms with Gasteiger partial charge in [0.05, 0.1) is 19.3 Å². The third-order valence-corrected chi connectivity index (χ3v) is 2.38. The number of amides is 1. The molecule has 0 spiro atoms. The molecule has 1 amide bonds. The SMILES string of the molecule is CCOc1ccc(C(=O)O[C@@H](C)C(N)=O)cc1OC. The zero-order valence-corrected chi connectivity index (χ0v) is 11.1. The van der Waals surface area contributed by atoms with Crippen LogP contribution in [0.15, 0.2) is 18.2 Å². The van der Waals surface area contributed by atoms with Crippen LogP contribution in [0.2, 0.25) is 0 Å². The molecular weight excluding hydrogens is 250 g/mol. The smallest absolute Gasteiger partial charge is 0.339 e. The summed E-state index contributed by atoms with van der Waals surface area (Å²) in [6.45, 7) is 3.74. The molecule has 0 bridgehead atoms. The van der Waals surface area contributed by atoms with Crippen molar-refractivity contribution in [2.24, 2.45) is 5.73 Å². The third-order valence-electron chi connectivity index (χ3n) is 2.38. The van der Waals surface area contributed by atoms with Crippen molar-refractivity contribution < 1.29 is 23.8 Å². The topological polar surface area (TPSA) is 87.9 Å². The van der Waals surface area contributed by atoms with Crippen molar-refractivity contribution in [3.05, 3.63) is 23.8 Å². The first-order chi connectivity index (χ1) is 8.99. The van der Waals surface area contributed by atoms with Gasteiger partial charge in [0.2, 0.25) is 0 Å². The molecule has 0 aromatic heterocycles. The minimum atomic E-state index is -0.981. The number of carbonyl (C=O) groups excluding carboxylic acids is 2. The highest BCUT2D eigenvalue weighted by atomic mass is 16.5. The maximum atomic E-state index is 11.8. The fraction of sp³-hybridized carbons (Fsp3) is 0.385. The fourth-order valence-electron chi connectivity index (χ4n) is 1.36. The van der Waals surface area contributed by atoms with Gasteiger partial charge in [-0.25, -0.2) is 4.79 Å². The van der Waals surface area contributed by atoms with Gasteiger partial charge < -0.3 is 19.9 Å². The molecule has 6 nitrogen and oxygen atoms in total. The van der Waals surface area contributed by atoms with Gasteiger partial charge >= 0.3 is 5.97 Å². The van der Waals surface area contributed by atoms with E-state index in [4.69, 9.17) is 19.9 Å². The Hall–Kier alpha value is -2.24. The number of esters is 1. The number of hydrogen-bond donors (Lipinski definition) is 1. The van der Waals surface area contributed by atoms with Gasteiger partial charge in [-0.1, -0.05) is 0 Å². The average Bonchev–Trinajstić information content (AvgIpc) is 2.39. The Balaban J connectivity index is 2.89. The highest BCUT2D eigenvalue weighted by molar-refractivity contribution is 5.92. The van der Waals surface area contributed by atoms with E-state index in [1.54, 1.807) is 6.07 Å². The molecule has 2 N–H and O–H groups in total. The van der Waals surface area contributed by atoms with Crippen LogP contribution in [-0.4, -0.2) is 31.7 Å². The van der Waals surface area contributed by atoms with E-state index >= 15 is 0 Å². The predicted octanol–water partition coefficient (Wildman–Crippen LogP) is 1.12. The fourth-order valence-corrected chi connectivity index (χ4v) is 1.36. The van der Waals surface area contributed by atoms with Crippen LogP contribution in [0.5, 0.6) is 11.5 Å². The molecule has 0 fully saturated rings. The van der Waals surface area contributed by atoms with E-state index in [2.05, 4.69) is 0 Å². The zero-order chi connectivity index (χ0) is 14.4. The van der Waals surface area contributed by atoms with Crippen LogP contribution in [0.1, 0.15) is 24.2 Å². The maximum absolute atomic E-state index is 11.8. The number of hydrogen-bond acceptors (Lipinski definition) is 5. The first kappa shape index (κ1) is 14.8. The van der Waals surface area contributed by atoms with Gasteiger partial charge in [-0.3, -0.25) is 4.79 Å². The quantitative estimate of drug-likeness (QED) is 0.780. The Labute approximate surface area is 111 Å². The van der Waals surface area contributed by atoms with E-state index in [0.29, 0.717) is 18.1 Å². The molecule has 0 saturated heterocycles. The molecule has 0 aliphatic carbocycles. The molecule has 104 valence electrons. The van der Waals surface area contributed by atoms with Gasteiger partial charge in [-0.05, 0) is 32.0 Å². The van der Waals surface area contributed by atoms with Crippen molar-refractivity contribution in [3.63, 3.8) is 0 Å². The first-order valence-corrected chi connectivity index (χ1v) is 5.80. The highest BCUT2D eigenvalue weighted by Gasteiger charge is 2.17. The minimum Gasteiger partial charge on any atom is -0.493 e. The van der Waals surface area contributed by atoms with Crippen molar-refractivity contribution >= 4 is 11.9 Å². The molecule has 0 heterocycles. The summed E-state index contributed by atoms with van der Waals surface area (Å²) in [7, 11) is 1.47. The van der Waals surface area contributed by atoms with Crippen LogP contribution in [0.25, 0.3) is 0 Å². The monoisotopic (exact) mass is 267 g/mol. The Morgan fingerprint density at radius 3 is 2.53 bits per heavy atom. The lowest BCUT2D eigenvalue weighted by Gasteiger charge is -2.12. The number of rotatable bonds is 6. The molecule has 1 atom stereocenters.